The number of rotatable bonds is 6. The van der Waals surface area contributed by atoms with Gasteiger partial charge in [-0.15, -0.1) is 4.40 Å². The zero-order valence-corrected chi connectivity index (χ0v) is 16.8. The lowest BCUT2D eigenvalue weighted by Crippen LogP contribution is -2.12. The quantitative estimate of drug-likeness (QED) is 0.538. The summed E-state index contributed by atoms with van der Waals surface area (Å²) < 4.78 is 45.3. The first kappa shape index (κ1) is 19.8. The summed E-state index contributed by atoms with van der Waals surface area (Å²) >= 11 is 0.945. The predicted molar refractivity (Wildman–Crippen MR) is 99.9 cm³/mol. The van der Waals surface area contributed by atoms with Crippen molar-refractivity contribution in [3.63, 3.8) is 0 Å². The molecular formula is C16H16N4O6S2. The number of nitrogens with zero attached hydrogens (tertiary/aromatic N) is 4. The molecule has 0 atom stereocenters. The summed E-state index contributed by atoms with van der Waals surface area (Å²) in [6.07, 6.45) is 0. The topological polar surface area (TPSA) is 121 Å². The highest BCUT2D eigenvalue weighted by Gasteiger charge is 2.18. The molecule has 2 heterocycles. The molecule has 3 rings (SSSR count). The summed E-state index contributed by atoms with van der Waals surface area (Å²) in [6.45, 7) is 0. The molecular weight excluding hydrogens is 408 g/mol. The molecule has 2 aromatic heterocycles. The standard InChI is InChI=1S/C16H16N4O6S2/c1-24-12-8-13(25-2)20-15(17-12)18-16(27-20)19-28(22,23)9-10-6-4-5-7-11(10)14(21)26-3/h4-8H,9H2,1-3H3/b19-16-. The molecule has 28 heavy (non-hydrogen) atoms. The van der Waals surface area contributed by atoms with Crippen molar-refractivity contribution in [3.8, 4) is 11.8 Å². The molecule has 1 aromatic carbocycles. The lowest BCUT2D eigenvalue weighted by molar-refractivity contribution is 0.0600. The van der Waals surface area contributed by atoms with Crippen LogP contribution in [0, 0.1) is 0 Å². The minimum atomic E-state index is -3.98. The van der Waals surface area contributed by atoms with Crippen molar-refractivity contribution in [2.75, 3.05) is 21.3 Å². The highest BCUT2D eigenvalue weighted by molar-refractivity contribution is 7.89. The van der Waals surface area contributed by atoms with Gasteiger partial charge >= 0.3 is 5.97 Å². The van der Waals surface area contributed by atoms with Crippen molar-refractivity contribution in [2.24, 2.45) is 4.40 Å². The van der Waals surface area contributed by atoms with Crippen LogP contribution in [0.2, 0.25) is 0 Å². The van der Waals surface area contributed by atoms with Gasteiger partial charge in [0, 0.05) is 0 Å². The van der Waals surface area contributed by atoms with Crippen LogP contribution in [0.25, 0.3) is 5.78 Å². The largest absolute Gasteiger partial charge is 0.481 e. The van der Waals surface area contributed by atoms with Crippen LogP contribution in [0.1, 0.15) is 15.9 Å². The molecule has 0 saturated heterocycles. The van der Waals surface area contributed by atoms with Gasteiger partial charge in [0.25, 0.3) is 15.8 Å². The van der Waals surface area contributed by atoms with Gasteiger partial charge in [0.15, 0.2) is 0 Å². The van der Waals surface area contributed by atoms with E-state index in [4.69, 9.17) is 9.47 Å². The Hall–Kier alpha value is -2.99. The highest BCUT2D eigenvalue weighted by atomic mass is 32.2. The Labute approximate surface area is 164 Å². The minimum Gasteiger partial charge on any atom is -0.481 e. The average molecular weight is 424 g/mol. The molecule has 0 fully saturated rings. The number of hydrogen-bond acceptors (Lipinski definition) is 9. The van der Waals surface area contributed by atoms with Gasteiger partial charge in [-0.3, -0.25) is 0 Å². The van der Waals surface area contributed by atoms with Gasteiger partial charge in [0.1, 0.15) is 0 Å². The van der Waals surface area contributed by atoms with Crippen molar-refractivity contribution in [2.45, 2.75) is 5.75 Å². The predicted octanol–water partition coefficient (Wildman–Crippen LogP) is 1.03. The molecule has 0 aliphatic heterocycles. The zero-order chi connectivity index (χ0) is 20.3. The number of aromatic nitrogens is 3. The Bertz CT molecular complexity index is 1200. The first-order valence-corrected chi connectivity index (χ1v) is 10.2. The van der Waals surface area contributed by atoms with Crippen LogP contribution in [0.15, 0.2) is 34.7 Å². The fraction of sp³-hybridized carbons (Fsp3) is 0.250. The maximum Gasteiger partial charge on any atom is 0.338 e. The van der Waals surface area contributed by atoms with Crippen LogP contribution in [-0.4, -0.2) is 49.5 Å². The van der Waals surface area contributed by atoms with Crippen molar-refractivity contribution < 1.29 is 27.4 Å². The highest BCUT2D eigenvalue weighted by Crippen LogP contribution is 2.20. The van der Waals surface area contributed by atoms with Crippen LogP contribution in [0.5, 0.6) is 11.8 Å². The number of carbonyl (C=O) groups is 1. The molecule has 0 radical (unpaired) electrons. The van der Waals surface area contributed by atoms with E-state index in [1.165, 1.54) is 43.3 Å². The van der Waals surface area contributed by atoms with E-state index >= 15 is 0 Å². The Kier molecular flexibility index (Phi) is 5.61. The number of carbonyl (C=O) groups excluding carboxylic acids is 1. The van der Waals surface area contributed by atoms with Crippen molar-refractivity contribution in [3.05, 3.63) is 46.3 Å². The first-order chi connectivity index (χ1) is 13.4. The van der Waals surface area contributed by atoms with E-state index < -0.39 is 21.7 Å². The van der Waals surface area contributed by atoms with Crippen LogP contribution in [0.3, 0.4) is 0 Å². The molecule has 0 amide bonds. The summed E-state index contributed by atoms with van der Waals surface area (Å²) in [7, 11) is 0.144. The Morgan fingerprint density at radius 2 is 1.93 bits per heavy atom. The van der Waals surface area contributed by atoms with Crippen LogP contribution in [0.4, 0.5) is 0 Å². The Morgan fingerprint density at radius 1 is 1.18 bits per heavy atom. The minimum absolute atomic E-state index is 0.0328. The third kappa shape index (κ3) is 4.12. The van der Waals surface area contributed by atoms with Gasteiger partial charge in [-0.2, -0.15) is 13.8 Å². The maximum absolute atomic E-state index is 12.5. The molecule has 148 valence electrons. The van der Waals surface area contributed by atoms with Gasteiger partial charge < -0.3 is 14.2 Å². The van der Waals surface area contributed by atoms with Crippen LogP contribution >= 0.6 is 11.5 Å². The summed E-state index contributed by atoms with van der Waals surface area (Å²) in [5, 5.41) is 0. The number of sulfonamides is 1. The van der Waals surface area contributed by atoms with Gasteiger partial charge in [-0.1, -0.05) is 18.2 Å². The smallest absolute Gasteiger partial charge is 0.338 e. The van der Waals surface area contributed by atoms with Gasteiger partial charge in [0.2, 0.25) is 16.6 Å². The van der Waals surface area contributed by atoms with E-state index in [1.54, 1.807) is 12.1 Å². The summed E-state index contributed by atoms with van der Waals surface area (Å²) in [5.74, 6) is -0.280. The number of hydrogen-bond donors (Lipinski definition) is 0. The van der Waals surface area contributed by atoms with E-state index in [0.29, 0.717) is 5.88 Å². The molecule has 0 aliphatic rings. The van der Waals surface area contributed by atoms with Crippen LogP contribution in [-0.2, 0) is 20.5 Å². The maximum atomic E-state index is 12.5. The van der Waals surface area contributed by atoms with E-state index in [1.807, 2.05) is 0 Å². The monoisotopic (exact) mass is 424 g/mol. The van der Waals surface area contributed by atoms with Crippen molar-refractivity contribution in [1.29, 1.82) is 0 Å². The van der Waals surface area contributed by atoms with Gasteiger partial charge in [0.05, 0.1) is 38.7 Å². The third-order valence-corrected chi connectivity index (χ3v) is 5.72. The molecule has 0 N–H and O–H groups in total. The van der Waals surface area contributed by atoms with Crippen LogP contribution < -0.4 is 14.3 Å². The number of fused-ring (bicyclic) bond motifs is 1. The Morgan fingerprint density at radius 3 is 2.61 bits per heavy atom. The average Bonchev–Trinajstić information content (AvgIpc) is 3.07. The molecule has 0 bridgehead atoms. The molecule has 12 heteroatoms. The van der Waals surface area contributed by atoms with Gasteiger partial charge in [-0.25, -0.2) is 13.2 Å². The lowest BCUT2D eigenvalue weighted by atomic mass is 10.1. The number of ether oxygens (including phenoxy) is 3. The summed E-state index contributed by atoms with van der Waals surface area (Å²) in [4.78, 5) is 20.0. The fourth-order valence-electron chi connectivity index (χ4n) is 2.37. The zero-order valence-electron chi connectivity index (χ0n) is 15.1. The molecule has 0 aliphatic carbocycles. The SMILES string of the molecule is COC(=O)c1ccccc1CS(=O)(=O)/N=c1/nc2nc(OC)cc(OC)n2s1. The Balaban J connectivity index is 2.02. The molecule has 0 unspecified atom stereocenters. The molecule has 0 spiro atoms. The van der Waals surface area contributed by atoms with Crippen molar-refractivity contribution >= 4 is 33.3 Å². The van der Waals surface area contributed by atoms with E-state index in [-0.39, 0.29) is 27.6 Å². The van der Waals surface area contributed by atoms with Crippen molar-refractivity contribution in [1.82, 2.24) is 13.8 Å². The summed E-state index contributed by atoms with van der Waals surface area (Å²) in [5.41, 5.74) is 0.444. The van der Waals surface area contributed by atoms with Gasteiger partial charge in [-0.05, 0) is 23.2 Å². The number of benzene rings is 1. The van der Waals surface area contributed by atoms with E-state index in [0.717, 1.165) is 11.5 Å². The molecule has 10 nitrogen and oxygen atoms in total. The van der Waals surface area contributed by atoms with E-state index in [2.05, 4.69) is 19.1 Å². The second-order valence-corrected chi connectivity index (χ2v) is 7.94. The first-order valence-electron chi connectivity index (χ1n) is 7.81. The second-order valence-electron chi connectivity index (χ2n) is 5.39. The molecule has 0 saturated carbocycles. The second kappa shape index (κ2) is 7.94. The van der Waals surface area contributed by atoms with E-state index in [9.17, 15) is 13.2 Å². The lowest BCUT2D eigenvalue weighted by Gasteiger charge is -2.05. The third-order valence-electron chi connectivity index (χ3n) is 3.60. The fourth-order valence-corrected chi connectivity index (χ4v) is 4.50. The number of esters is 1. The molecule has 3 aromatic rings. The number of methoxy groups -OCH3 is 3. The summed E-state index contributed by atoms with van der Waals surface area (Å²) in [6, 6.07) is 7.81. The normalized spacial score (nSPS) is 12.2.